The molecule has 0 spiro atoms. The summed E-state index contributed by atoms with van der Waals surface area (Å²) < 4.78 is 35.1. The van der Waals surface area contributed by atoms with E-state index in [1.54, 1.807) is 60.7 Å². The van der Waals surface area contributed by atoms with E-state index in [1.807, 2.05) is 58.0 Å². The van der Waals surface area contributed by atoms with Gasteiger partial charge in [0.1, 0.15) is 18.3 Å². The molecule has 1 N–H and O–H groups in total. The number of hydrogen-bond donors (Lipinski definition) is 1. The van der Waals surface area contributed by atoms with Gasteiger partial charge in [0.15, 0.2) is 0 Å². The lowest BCUT2D eigenvalue weighted by Gasteiger charge is -2.34. The maximum atomic E-state index is 14.6. The van der Waals surface area contributed by atoms with Gasteiger partial charge in [0.2, 0.25) is 11.8 Å². The van der Waals surface area contributed by atoms with Gasteiger partial charge in [0.05, 0.1) is 17.2 Å². The highest BCUT2D eigenvalue weighted by Gasteiger charge is 2.35. The maximum absolute atomic E-state index is 14.6. The molecule has 4 aromatic rings. The van der Waals surface area contributed by atoms with Crippen molar-refractivity contribution in [1.82, 2.24) is 10.2 Å². The van der Waals surface area contributed by atoms with Crippen molar-refractivity contribution >= 4 is 39.1 Å². The van der Waals surface area contributed by atoms with E-state index in [9.17, 15) is 18.0 Å². The van der Waals surface area contributed by atoms with Crippen molar-refractivity contribution in [1.29, 1.82) is 0 Å². The number of nitrogens with zero attached hydrogens (tertiary/aromatic N) is 2. The van der Waals surface area contributed by atoms with E-state index < -0.39 is 28.5 Å². The van der Waals surface area contributed by atoms with Crippen molar-refractivity contribution in [2.45, 2.75) is 64.1 Å². The van der Waals surface area contributed by atoms with Gasteiger partial charge in [0.25, 0.3) is 10.0 Å². The Bertz CT molecular complexity index is 1720. The zero-order valence-corrected chi connectivity index (χ0v) is 28.8. The summed E-state index contributed by atoms with van der Waals surface area (Å²) in [5.74, 6) is -0.284. The van der Waals surface area contributed by atoms with E-state index in [1.165, 1.54) is 17.0 Å². The third-order valence-electron chi connectivity index (χ3n) is 7.86. The number of halogens is 1. The Morgan fingerprint density at radius 3 is 2.09 bits per heavy atom. The molecule has 248 valence electrons. The fraction of sp³-hybridized carbons (Fsp3) is 0.297. The van der Waals surface area contributed by atoms with Gasteiger partial charge < -0.3 is 15.0 Å². The normalized spacial score (nSPS) is 12.5. The molecular weight excluding hydrogens is 634 g/mol. The monoisotopic (exact) mass is 675 g/mol. The number of sulfonamides is 1. The number of benzene rings is 4. The molecule has 47 heavy (non-hydrogen) atoms. The number of nitrogens with one attached hydrogen (secondary N) is 1. The molecular formula is C37H42ClN3O5S. The Balaban J connectivity index is 1.80. The molecule has 4 aromatic carbocycles. The third-order valence-corrected chi connectivity index (χ3v) is 9.90. The average Bonchev–Trinajstić information content (AvgIpc) is 3.07. The van der Waals surface area contributed by atoms with Crippen molar-refractivity contribution in [3.05, 3.63) is 125 Å². The molecule has 2 amide bonds. The molecule has 10 heteroatoms. The Morgan fingerprint density at radius 2 is 1.49 bits per heavy atom. The lowest BCUT2D eigenvalue weighted by molar-refractivity contribution is -0.140. The number of carbonyl (C=O) groups is 2. The molecule has 2 atom stereocenters. The molecule has 0 aliphatic carbocycles. The number of amides is 2. The molecule has 0 aliphatic heterocycles. The van der Waals surface area contributed by atoms with E-state index in [2.05, 4.69) is 5.32 Å². The summed E-state index contributed by atoms with van der Waals surface area (Å²) in [5, 5.41) is 3.58. The molecule has 0 bridgehead atoms. The predicted molar refractivity (Wildman–Crippen MR) is 187 cm³/mol. The van der Waals surface area contributed by atoms with Gasteiger partial charge in [-0.05, 0) is 86.8 Å². The average molecular weight is 676 g/mol. The Morgan fingerprint density at radius 1 is 0.851 bits per heavy atom. The number of carbonyl (C=O) groups excluding carboxylic acids is 2. The molecule has 0 saturated carbocycles. The van der Waals surface area contributed by atoms with Gasteiger partial charge in [-0.3, -0.25) is 13.9 Å². The molecule has 0 aliphatic rings. The Kier molecular flexibility index (Phi) is 12.4. The van der Waals surface area contributed by atoms with Crippen LogP contribution in [0.4, 0.5) is 5.69 Å². The Labute approximate surface area is 283 Å². The third kappa shape index (κ3) is 9.59. The van der Waals surface area contributed by atoms with Gasteiger partial charge in [-0.15, -0.1) is 0 Å². The topological polar surface area (TPSA) is 96.0 Å². The second kappa shape index (κ2) is 16.5. The lowest BCUT2D eigenvalue weighted by Crippen LogP contribution is -2.54. The highest BCUT2D eigenvalue weighted by atomic mass is 35.5. The second-order valence-corrected chi connectivity index (χ2v) is 13.7. The molecule has 8 nitrogen and oxygen atoms in total. The van der Waals surface area contributed by atoms with Crippen LogP contribution in [0.25, 0.3) is 0 Å². The highest BCUT2D eigenvalue weighted by molar-refractivity contribution is 7.92. The van der Waals surface area contributed by atoms with Crippen LogP contribution in [-0.4, -0.2) is 50.4 Å². The predicted octanol–water partition coefficient (Wildman–Crippen LogP) is 6.80. The molecule has 0 saturated heterocycles. The van der Waals surface area contributed by atoms with E-state index in [0.717, 1.165) is 21.0 Å². The van der Waals surface area contributed by atoms with Crippen LogP contribution in [0.15, 0.2) is 108 Å². The van der Waals surface area contributed by atoms with Crippen molar-refractivity contribution in [2.75, 3.05) is 17.5 Å². The molecule has 4 rings (SSSR count). The number of ether oxygens (including phenoxy) is 1. The van der Waals surface area contributed by atoms with Gasteiger partial charge >= 0.3 is 0 Å². The van der Waals surface area contributed by atoms with Crippen molar-refractivity contribution < 1.29 is 22.7 Å². The quantitative estimate of drug-likeness (QED) is 0.150. The van der Waals surface area contributed by atoms with E-state index in [0.29, 0.717) is 23.8 Å². The fourth-order valence-corrected chi connectivity index (χ4v) is 6.56. The summed E-state index contributed by atoms with van der Waals surface area (Å²) in [6, 6.07) is 28.5. The smallest absolute Gasteiger partial charge is 0.264 e. The second-order valence-electron chi connectivity index (χ2n) is 11.4. The summed E-state index contributed by atoms with van der Waals surface area (Å²) in [4.78, 5) is 30.0. The van der Waals surface area contributed by atoms with E-state index in [-0.39, 0.29) is 35.5 Å². The van der Waals surface area contributed by atoms with Crippen molar-refractivity contribution in [2.24, 2.45) is 0 Å². The van der Waals surface area contributed by atoms with Crippen LogP contribution in [0, 0.1) is 6.92 Å². The first-order chi connectivity index (χ1) is 22.5. The summed E-state index contributed by atoms with van der Waals surface area (Å²) in [6.07, 6.45) is 0.936. The van der Waals surface area contributed by atoms with Crippen LogP contribution < -0.4 is 14.4 Å². The minimum atomic E-state index is -4.20. The zero-order chi connectivity index (χ0) is 34.0. The van der Waals surface area contributed by atoms with E-state index >= 15 is 0 Å². The molecule has 0 aromatic heterocycles. The zero-order valence-electron chi connectivity index (χ0n) is 27.2. The van der Waals surface area contributed by atoms with Crippen LogP contribution in [-0.2, 0) is 32.6 Å². The Hall–Kier alpha value is -4.34. The number of rotatable bonds is 15. The summed E-state index contributed by atoms with van der Waals surface area (Å²) in [7, 11) is -4.20. The largest absolute Gasteiger partial charge is 0.494 e. The first-order valence-electron chi connectivity index (χ1n) is 15.7. The van der Waals surface area contributed by atoms with Crippen LogP contribution in [0.2, 0.25) is 5.02 Å². The van der Waals surface area contributed by atoms with Gasteiger partial charge in [-0.2, -0.15) is 0 Å². The van der Waals surface area contributed by atoms with Crippen molar-refractivity contribution in [3.63, 3.8) is 0 Å². The minimum absolute atomic E-state index is 0.0457. The van der Waals surface area contributed by atoms with Crippen LogP contribution in [0.1, 0.15) is 43.9 Å². The number of hydrogen-bond acceptors (Lipinski definition) is 5. The van der Waals surface area contributed by atoms with Crippen molar-refractivity contribution in [3.8, 4) is 5.75 Å². The van der Waals surface area contributed by atoms with Crippen LogP contribution in [0.3, 0.4) is 0 Å². The highest BCUT2D eigenvalue weighted by Crippen LogP contribution is 2.27. The fourth-order valence-electron chi connectivity index (χ4n) is 5.02. The summed E-state index contributed by atoms with van der Waals surface area (Å²) in [6.45, 7) is 7.58. The summed E-state index contributed by atoms with van der Waals surface area (Å²) >= 11 is 6.16. The SMILES string of the molecule is CCOc1ccc(N(CC(=O)N(Cc2ccc(Cl)cc2)C(Cc2ccccc2)C(=O)NC(C)CC)S(=O)(=O)c2ccc(C)cc2)cc1. The summed E-state index contributed by atoms with van der Waals surface area (Å²) in [5.41, 5.74) is 2.79. The van der Waals surface area contributed by atoms with Crippen LogP contribution >= 0.6 is 11.6 Å². The van der Waals surface area contributed by atoms with Gasteiger partial charge in [0, 0.05) is 24.0 Å². The lowest BCUT2D eigenvalue weighted by atomic mass is 10.0. The standard InChI is InChI=1S/C37H42ClN3O5S/c1-5-28(4)39-37(43)35(24-29-10-8-7-9-11-29)40(25-30-14-16-31(38)17-15-30)36(42)26-41(32-18-20-33(21-19-32)46-6-2)47(44,45)34-22-12-27(3)13-23-34/h7-23,28,35H,5-6,24-26H2,1-4H3,(H,39,43). The number of anilines is 1. The maximum Gasteiger partial charge on any atom is 0.264 e. The first kappa shape index (κ1) is 35.5. The van der Waals surface area contributed by atoms with Gasteiger partial charge in [-0.1, -0.05) is 78.7 Å². The molecule has 0 fully saturated rings. The van der Waals surface area contributed by atoms with E-state index in [4.69, 9.17) is 16.3 Å². The van der Waals surface area contributed by atoms with Gasteiger partial charge in [-0.25, -0.2) is 8.42 Å². The van der Waals surface area contributed by atoms with Crippen LogP contribution in [0.5, 0.6) is 5.75 Å². The molecule has 2 unspecified atom stereocenters. The molecule has 0 radical (unpaired) electrons. The first-order valence-corrected chi connectivity index (χ1v) is 17.5. The molecule has 0 heterocycles. The minimum Gasteiger partial charge on any atom is -0.494 e. The number of aryl methyl sites for hydroxylation is 1.